The van der Waals surface area contributed by atoms with Gasteiger partial charge in [0, 0.05) is 5.92 Å². The highest BCUT2D eigenvalue weighted by Gasteiger charge is 2.51. The molecule has 2 aliphatic heterocycles. The summed E-state index contributed by atoms with van der Waals surface area (Å²) in [6.45, 7) is 0.586. The van der Waals surface area contributed by atoms with Gasteiger partial charge < -0.3 is 14.2 Å². The van der Waals surface area contributed by atoms with Crippen LogP contribution in [-0.4, -0.2) is 31.9 Å². The predicted octanol–water partition coefficient (Wildman–Crippen LogP) is 0.0851. The fourth-order valence-corrected chi connectivity index (χ4v) is 1.98. The third-order valence-corrected chi connectivity index (χ3v) is 2.68. The number of carbonyl (C=O) groups excluding carboxylic acids is 2. The van der Waals surface area contributed by atoms with E-state index in [1.54, 1.807) is 0 Å². The van der Waals surface area contributed by atoms with Gasteiger partial charge in [0.1, 0.15) is 0 Å². The Labute approximate surface area is 81.3 Å². The van der Waals surface area contributed by atoms with E-state index in [2.05, 4.69) is 4.74 Å². The summed E-state index contributed by atoms with van der Waals surface area (Å²) >= 11 is 0. The maximum Gasteiger partial charge on any atom is 0.323 e. The highest BCUT2D eigenvalue weighted by Crippen LogP contribution is 2.36. The average Bonchev–Trinajstić information content (AvgIpc) is 2.53. The quantitative estimate of drug-likeness (QED) is 0.443. The molecule has 2 aliphatic rings. The van der Waals surface area contributed by atoms with Crippen molar-refractivity contribution in [1.29, 1.82) is 0 Å². The molecule has 0 aromatic carbocycles. The minimum atomic E-state index is -0.787. The average molecular weight is 200 g/mol. The van der Waals surface area contributed by atoms with Gasteiger partial charge >= 0.3 is 11.9 Å². The van der Waals surface area contributed by atoms with Crippen molar-refractivity contribution in [3.05, 3.63) is 0 Å². The SMILES string of the molecule is COC(=O)C1C(=O)OC2OCCCC21. The van der Waals surface area contributed by atoms with E-state index in [-0.39, 0.29) is 5.92 Å². The minimum absolute atomic E-state index is 0.163. The molecule has 0 radical (unpaired) electrons. The van der Waals surface area contributed by atoms with Crippen LogP contribution in [0.25, 0.3) is 0 Å². The van der Waals surface area contributed by atoms with Crippen molar-refractivity contribution >= 4 is 11.9 Å². The van der Waals surface area contributed by atoms with Gasteiger partial charge in [0.25, 0.3) is 0 Å². The smallest absolute Gasteiger partial charge is 0.323 e. The molecule has 0 bridgehead atoms. The summed E-state index contributed by atoms with van der Waals surface area (Å²) in [6, 6.07) is 0. The lowest BCUT2D eigenvalue weighted by molar-refractivity contribution is -0.174. The largest absolute Gasteiger partial charge is 0.468 e. The molecule has 0 saturated carbocycles. The first-order chi connectivity index (χ1) is 6.74. The maximum atomic E-state index is 11.3. The van der Waals surface area contributed by atoms with E-state index in [0.29, 0.717) is 6.61 Å². The molecule has 0 N–H and O–H groups in total. The lowest BCUT2D eigenvalue weighted by atomic mass is 9.89. The second-order valence-corrected chi connectivity index (χ2v) is 3.48. The molecule has 0 spiro atoms. The normalized spacial score (nSPS) is 36.1. The number of methoxy groups -OCH3 is 1. The zero-order valence-corrected chi connectivity index (χ0v) is 7.89. The number of rotatable bonds is 1. The van der Waals surface area contributed by atoms with E-state index in [0.717, 1.165) is 12.8 Å². The molecule has 5 nitrogen and oxygen atoms in total. The fourth-order valence-electron chi connectivity index (χ4n) is 1.98. The standard InChI is InChI=1S/C9H12O5/c1-12-7(10)6-5-3-2-4-13-9(5)14-8(6)11/h5-6,9H,2-4H2,1H3. The third-order valence-electron chi connectivity index (χ3n) is 2.68. The van der Waals surface area contributed by atoms with Crippen LogP contribution in [0.2, 0.25) is 0 Å². The van der Waals surface area contributed by atoms with Crippen molar-refractivity contribution in [2.75, 3.05) is 13.7 Å². The molecule has 2 heterocycles. The van der Waals surface area contributed by atoms with Crippen molar-refractivity contribution in [3.63, 3.8) is 0 Å². The summed E-state index contributed by atoms with van der Waals surface area (Å²) in [7, 11) is 1.27. The molecular weight excluding hydrogens is 188 g/mol. The molecule has 5 heteroatoms. The van der Waals surface area contributed by atoms with Gasteiger partial charge in [-0.25, -0.2) is 0 Å². The van der Waals surface area contributed by atoms with Crippen molar-refractivity contribution in [2.45, 2.75) is 19.1 Å². The lowest BCUT2D eigenvalue weighted by Crippen LogP contribution is -2.32. The Morgan fingerprint density at radius 2 is 2.36 bits per heavy atom. The Kier molecular flexibility index (Phi) is 2.41. The highest BCUT2D eigenvalue weighted by molar-refractivity contribution is 5.96. The summed E-state index contributed by atoms with van der Waals surface area (Å²) in [4.78, 5) is 22.6. The molecule has 2 rings (SSSR count). The number of hydrogen-bond acceptors (Lipinski definition) is 5. The van der Waals surface area contributed by atoms with Crippen molar-refractivity contribution in [1.82, 2.24) is 0 Å². The maximum absolute atomic E-state index is 11.3. The van der Waals surface area contributed by atoms with Crippen LogP contribution in [0.4, 0.5) is 0 Å². The summed E-state index contributed by atoms with van der Waals surface area (Å²) in [6.07, 6.45) is 1.09. The number of fused-ring (bicyclic) bond motifs is 1. The third kappa shape index (κ3) is 1.37. The first-order valence-electron chi connectivity index (χ1n) is 4.64. The van der Waals surface area contributed by atoms with E-state index in [1.165, 1.54) is 7.11 Å². The van der Waals surface area contributed by atoms with Gasteiger partial charge in [-0.2, -0.15) is 0 Å². The van der Waals surface area contributed by atoms with Gasteiger partial charge in [-0.3, -0.25) is 9.59 Å². The van der Waals surface area contributed by atoms with Crippen LogP contribution < -0.4 is 0 Å². The van der Waals surface area contributed by atoms with E-state index >= 15 is 0 Å². The minimum Gasteiger partial charge on any atom is -0.468 e. The highest BCUT2D eigenvalue weighted by atomic mass is 16.7. The molecule has 0 aliphatic carbocycles. The zero-order chi connectivity index (χ0) is 10.1. The first-order valence-corrected chi connectivity index (χ1v) is 4.64. The van der Waals surface area contributed by atoms with Gasteiger partial charge in [-0.05, 0) is 12.8 Å². The Morgan fingerprint density at radius 1 is 1.57 bits per heavy atom. The Balaban J connectivity index is 2.15. The van der Waals surface area contributed by atoms with Crippen LogP contribution >= 0.6 is 0 Å². The number of esters is 2. The van der Waals surface area contributed by atoms with Crippen molar-refractivity contribution in [3.8, 4) is 0 Å². The van der Waals surface area contributed by atoms with E-state index in [4.69, 9.17) is 9.47 Å². The van der Waals surface area contributed by atoms with Gasteiger partial charge in [0.05, 0.1) is 13.7 Å². The molecule has 3 unspecified atom stereocenters. The summed E-state index contributed by atoms with van der Waals surface area (Å²) in [5.41, 5.74) is 0. The van der Waals surface area contributed by atoms with Crippen LogP contribution in [0.5, 0.6) is 0 Å². The van der Waals surface area contributed by atoms with Crippen LogP contribution in [0.15, 0.2) is 0 Å². The first kappa shape index (κ1) is 9.45. The number of ether oxygens (including phenoxy) is 3. The van der Waals surface area contributed by atoms with Crippen LogP contribution in [-0.2, 0) is 23.8 Å². The lowest BCUT2D eigenvalue weighted by Gasteiger charge is -2.24. The van der Waals surface area contributed by atoms with Gasteiger partial charge in [-0.15, -0.1) is 0 Å². The van der Waals surface area contributed by atoms with E-state index < -0.39 is 24.1 Å². The number of hydrogen-bond donors (Lipinski definition) is 0. The van der Waals surface area contributed by atoms with Gasteiger partial charge in [-0.1, -0.05) is 0 Å². The molecule has 0 aromatic rings. The Bertz CT molecular complexity index is 262. The number of carbonyl (C=O) groups is 2. The van der Waals surface area contributed by atoms with Crippen molar-refractivity contribution in [2.24, 2.45) is 11.8 Å². The van der Waals surface area contributed by atoms with Crippen LogP contribution in [0.3, 0.4) is 0 Å². The topological polar surface area (TPSA) is 61.8 Å². The molecule has 14 heavy (non-hydrogen) atoms. The molecule has 2 saturated heterocycles. The summed E-state index contributed by atoms with van der Waals surface area (Å²) < 4.78 is 14.7. The second kappa shape index (κ2) is 3.57. The van der Waals surface area contributed by atoms with E-state index in [9.17, 15) is 9.59 Å². The summed E-state index contributed by atoms with van der Waals surface area (Å²) in [5, 5.41) is 0. The van der Waals surface area contributed by atoms with Gasteiger partial charge in [0.15, 0.2) is 5.92 Å². The molecule has 2 fully saturated rings. The molecular formula is C9H12O5. The molecule has 3 atom stereocenters. The molecule has 0 aromatic heterocycles. The fraction of sp³-hybridized carbons (Fsp3) is 0.778. The Morgan fingerprint density at radius 3 is 3.07 bits per heavy atom. The Hall–Kier alpha value is -1.10. The zero-order valence-electron chi connectivity index (χ0n) is 7.89. The van der Waals surface area contributed by atoms with Gasteiger partial charge in [0.2, 0.25) is 6.29 Å². The predicted molar refractivity (Wildman–Crippen MR) is 44.1 cm³/mol. The summed E-state index contributed by atoms with van der Waals surface area (Å²) in [5.74, 6) is -1.99. The second-order valence-electron chi connectivity index (χ2n) is 3.48. The monoisotopic (exact) mass is 200 g/mol. The molecule has 78 valence electrons. The van der Waals surface area contributed by atoms with E-state index in [1.807, 2.05) is 0 Å². The van der Waals surface area contributed by atoms with Crippen LogP contribution in [0, 0.1) is 11.8 Å². The van der Waals surface area contributed by atoms with Crippen LogP contribution in [0.1, 0.15) is 12.8 Å². The molecule has 0 amide bonds. The van der Waals surface area contributed by atoms with Crippen molar-refractivity contribution < 1.29 is 23.8 Å².